The second-order valence-corrected chi connectivity index (χ2v) is 15.9. The normalized spacial score (nSPS) is 13.1. The summed E-state index contributed by atoms with van der Waals surface area (Å²) in [4.78, 5) is 7.20. The van der Waals surface area contributed by atoms with Crippen molar-refractivity contribution in [1.29, 1.82) is 0 Å². The van der Waals surface area contributed by atoms with E-state index in [1.165, 1.54) is 42.4 Å². The van der Waals surface area contributed by atoms with E-state index in [1.54, 1.807) is 0 Å². The molecule has 0 N–H and O–H groups in total. The fourth-order valence-corrected chi connectivity index (χ4v) is 9.63. The van der Waals surface area contributed by atoms with Crippen molar-refractivity contribution in [3.63, 3.8) is 0 Å². The van der Waals surface area contributed by atoms with E-state index in [-0.39, 0.29) is 5.41 Å². The van der Waals surface area contributed by atoms with Gasteiger partial charge in [0.15, 0.2) is 5.58 Å². The largest absolute Gasteiger partial charge is 0.435 e. The number of hydrogen-bond acceptors (Lipinski definition) is 4. The van der Waals surface area contributed by atoms with Crippen molar-refractivity contribution in [3.8, 4) is 33.7 Å². The van der Waals surface area contributed by atoms with Crippen molar-refractivity contribution in [3.05, 3.63) is 181 Å². The molecule has 54 heavy (non-hydrogen) atoms. The van der Waals surface area contributed by atoms with Crippen LogP contribution in [0.25, 0.3) is 75.8 Å². The van der Waals surface area contributed by atoms with Gasteiger partial charge in [-0.05, 0) is 118 Å². The molecule has 3 nitrogen and oxygen atoms in total. The van der Waals surface area contributed by atoms with Crippen molar-refractivity contribution in [2.45, 2.75) is 19.3 Å². The van der Waals surface area contributed by atoms with E-state index in [1.807, 2.05) is 41.7 Å². The van der Waals surface area contributed by atoms with Gasteiger partial charge in [0, 0.05) is 53.6 Å². The van der Waals surface area contributed by atoms with Gasteiger partial charge in [0.25, 0.3) is 0 Å². The number of rotatable bonds is 5. The summed E-state index contributed by atoms with van der Waals surface area (Å²) in [6, 6.07) is 61.4. The van der Waals surface area contributed by atoms with Gasteiger partial charge in [0.2, 0.25) is 5.89 Å². The van der Waals surface area contributed by atoms with E-state index in [0.717, 1.165) is 55.6 Å². The van der Waals surface area contributed by atoms with E-state index in [9.17, 15) is 0 Å². The molecule has 0 fully saturated rings. The Morgan fingerprint density at radius 3 is 2.09 bits per heavy atom. The molecule has 0 amide bonds. The van der Waals surface area contributed by atoms with Crippen molar-refractivity contribution in [1.82, 2.24) is 4.98 Å². The molecule has 2 heterocycles. The molecular formula is C50H34N2OS. The lowest BCUT2D eigenvalue weighted by atomic mass is 9.82. The minimum absolute atomic E-state index is 0.0469. The summed E-state index contributed by atoms with van der Waals surface area (Å²) in [5, 5.41) is 4.77. The highest BCUT2D eigenvalue weighted by Crippen LogP contribution is 2.51. The molecule has 0 saturated carbocycles. The van der Waals surface area contributed by atoms with E-state index < -0.39 is 0 Å². The molecule has 8 aromatic carbocycles. The van der Waals surface area contributed by atoms with E-state index >= 15 is 0 Å². The van der Waals surface area contributed by atoms with Crippen LogP contribution in [-0.2, 0) is 5.41 Å². The molecule has 11 rings (SSSR count). The first-order valence-electron chi connectivity index (χ1n) is 18.4. The highest BCUT2D eigenvalue weighted by Gasteiger charge is 2.35. The fourth-order valence-electron chi connectivity index (χ4n) is 8.55. The third-order valence-corrected chi connectivity index (χ3v) is 12.4. The summed E-state index contributed by atoms with van der Waals surface area (Å²) < 4.78 is 8.94. The Kier molecular flexibility index (Phi) is 6.77. The molecule has 0 radical (unpaired) electrons. The van der Waals surface area contributed by atoms with Crippen LogP contribution in [0.1, 0.15) is 25.0 Å². The Labute approximate surface area is 317 Å². The molecule has 0 spiro atoms. The van der Waals surface area contributed by atoms with Crippen molar-refractivity contribution >= 4 is 70.4 Å². The first-order chi connectivity index (χ1) is 26.5. The monoisotopic (exact) mass is 710 g/mol. The topological polar surface area (TPSA) is 29.3 Å². The summed E-state index contributed by atoms with van der Waals surface area (Å²) in [6.07, 6.45) is 0. The van der Waals surface area contributed by atoms with Crippen LogP contribution < -0.4 is 4.90 Å². The molecule has 0 saturated heterocycles. The van der Waals surface area contributed by atoms with Gasteiger partial charge in [0.05, 0.1) is 0 Å². The van der Waals surface area contributed by atoms with Crippen LogP contribution in [0.4, 0.5) is 17.1 Å². The molecule has 256 valence electrons. The second-order valence-electron chi connectivity index (χ2n) is 14.8. The van der Waals surface area contributed by atoms with Crippen LogP contribution in [0.15, 0.2) is 174 Å². The molecule has 0 unspecified atom stereocenters. The minimum atomic E-state index is -0.0469. The number of hydrogen-bond donors (Lipinski definition) is 0. The Balaban J connectivity index is 1.01. The zero-order valence-corrected chi connectivity index (χ0v) is 30.7. The molecule has 0 atom stereocenters. The Bertz CT molecular complexity index is 3080. The Hall–Kier alpha value is -6.49. The molecule has 4 heteroatoms. The zero-order chi connectivity index (χ0) is 36.0. The summed E-state index contributed by atoms with van der Waals surface area (Å²) in [5.41, 5.74) is 13.7. The molecule has 10 aromatic rings. The van der Waals surface area contributed by atoms with Gasteiger partial charge in [-0.2, -0.15) is 0 Å². The lowest BCUT2D eigenvalue weighted by Gasteiger charge is -2.27. The zero-order valence-electron chi connectivity index (χ0n) is 29.9. The summed E-state index contributed by atoms with van der Waals surface area (Å²) in [7, 11) is 0. The SMILES string of the molecule is CC1(C)c2ccccc2-c2cc(N(c3ccc(-c4ccc5c(ccc6nc(-c7ccccc7)oc65)c4)cc3)c3ccc4sc5ccccc5c4c3)ccc21. The van der Waals surface area contributed by atoms with Gasteiger partial charge in [-0.15, -0.1) is 11.3 Å². The Morgan fingerprint density at radius 2 is 1.20 bits per heavy atom. The van der Waals surface area contributed by atoms with E-state index in [4.69, 9.17) is 9.40 Å². The number of nitrogens with zero attached hydrogens (tertiary/aromatic N) is 2. The number of benzene rings is 8. The van der Waals surface area contributed by atoms with Crippen LogP contribution in [-0.4, -0.2) is 4.98 Å². The maximum atomic E-state index is 6.33. The van der Waals surface area contributed by atoms with Gasteiger partial charge < -0.3 is 9.32 Å². The quantitative estimate of drug-likeness (QED) is 0.178. The van der Waals surface area contributed by atoms with Crippen LogP contribution >= 0.6 is 11.3 Å². The van der Waals surface area contributed by atoms with Crippen LogP contribution in [0.3, 0.4) is 0 Å². The van der Waals surface area contributed by atoms with Crippen LogP contribution in [0, 0.1) is 0 Å². The van der Waals surface area contributed by atoms with E-state index in [0.29, 0.717) is 5.89 Å². The molecule has 1 aliphatic rings. The van der Waals surface area contributed by atoms with Gasteiger partial charge >= 0.3 is 0 Å². The minimum Gasteiger partial charge on any atom is -0.435 e. The second kappa shape index (κ2) is 11.8. The predicted molar refractivity (Wildman–Crippen MR) is 228 cm³/mol. The summed E-state index contributed by atoms with van der Waals surface area (Å²) >= 11 is 1.85. The number of anilines is 3. The Morgan fingerprint density at radius 1 is 0.500 bits per heavy atom. The number of thiophene rings is 1. The highest BCUT2D eigenvalue weighted by atomic mass is 32.1. The maximum Gasteiger partial charge on any atom is 0.227 e. The van der Waals surface area contributed by atoms with Crippen molar-refractivity contribution < 1.29 is 4.42 Å². The van der Waals surface area contributed by atoms with Gasteiger partial charge in [-0.25, -0.2) is 4.98 Å². The maximum absolute atomic E-state index is 6.33. The molecule has 1 aliphatic carbocycles. The standard InChI is InChI=1S/C50H34N2OS/c1-50(2)43-14-8-6-12-39(43)41-29-36(22-25-44(41)50)52(37-23-27-47-42(30-37)40-13-7-9-15-46(40)54-47)35-20-16-31(17-21-35)33-18-24-38-34(28-33)19-26-45-48(38)53-49(51-45)32-10-4-3-5-11-32/h3-30H,1-2H3. The third kappa shape index (κ3) is 4.77. The third-order valence-electron chi connectivity index (χ3n) is 11.3. The number of oxazole rings is 1. The smallest absolute Gasteiger partial charge is 0.227 e. The first-order valence-corrected chi connectivity index (χ1v) is 19.3. The number of aromatic nitrogens is 1. The van der Waals surface area contributed by atoms with E-state index in [2.05, 4.69) is 158 Å². The van der Waals surface area contributed by atoms with Crippen LogP contribution in [0.2, 0.25) is 0 Å². The lowest BCUT2D eigenvalue weighted by molar-refractivity contribution is 0.623. The number of fused-ring (bicyclic) bond motifs is 9. The van der Waals surface area contributed by atoms with Gasteiger partial charge in [-0.1, -0.05) is 105 Å². The molecular weight excluding hydrogens is 677 g/mol. The summed E-state index contributed by atoms with van der Waals surface area (Å²) in [6.45, 7) is 4.68. The average molecular weight is 711 g/mol. The van der Waals surface area contributed by atoms with Gasteiger partial charge in [-0.3, -0.25) is 0 Å². The van der Waals surface area contributed by atoms with Crippen molar-refractivity contribution in [2.75, 3.05) is 4.90 Å². The summed E-state index contributed by atoms with van der Waals surface area (Å²) in [5.74, 6) is 0.643. The molecule has 2 aromatic heterocycles. The lowest BCUT2D eigenvalue weighted by Crippen LogP contribution is -2.15. The fraction of sp³-hybridized carbons (Fsp3) is 0.0600. The predicted octanol–water partition coefficient (Wildman–Crippen LogP) is 14.5. The first kappa shape index (κ1) is 31.1. The highest BCUT2D eigenvalue weighted by molar-refractivity contribution is 7.25. The van der Waals surface area contributed by atoms with Crippen molar-refractivity contribution in [2.24, 2.45) is 0 Å². The molecule has 0 aliphatic heterocycles. The molecule has 0 bridgehead atoms. The van der Waals surface area contributed by atoms with Crippen LogP contribution in [0.5, 0.6) is 0 Å². The average Bonchev–Trinajstić information content (AvgIpc) is 3.89. The van der Waals surface area contributed by atoms with Gasteiger partial charge in [0.1, 0.15) is 5.52 Å².